The third-order valence-corrected chi connectivity index (χ3v) is 4.35. The van der Waals surface area contributed by atoms with Gasteiger partial charge in [-0.2, -0.15) is 0 Å². The van der Waals surface area contributed by atoms with Crippen LogP contribution in [0.5, 0.6) is 5.75 Å². The Morgan fingerprint density at radius 2 is 2.27 bits per heavy atom. The molecule has 0 atom stereocenters. The lowest BCUT2D eigenvalue weighted by atomic mass is 10.3. The Morgan fingerprint density at radius 1 is 1.55 bits per heavy atom. The van der Waals surface area contributed by atoms with Gasteiger partial charge < -0.3 is 20.4 Å². The van der Waals surface area contributed by atoms with Gasteiger partial charge in [-0.15, -0.1) is 6.58 Å². The van der Waals surface area contributed by atoms with Gasteiger partial charge in [-0.3, -0.25) is 4.79 Å². The molecule has 0 unspecified atom stereocenters. The largest absolute Gasteiger partial charge is 0.492 e. The van der Waals surface area contributed by atoms with E-state index in [2.05, 4.69) is 11.9 Å². The zero-order valence-electron chi connectivity index (χ0n) is 12.2. The molecule has 3 N–H and O–H groups in total. The van der Waals surface area contributed by atoms with Crippen LogP contribution in [-0.4, -0.2) is 17.1 Å². The molecular formula is C15H17N3O2S2. The molecule has 0 aliphatic rings. The van der Waals surface area contributed by atoms with Crippen molar-refractivity contribution in [1.29, 1.82) is 0 Å². The zero-order chi connectivity index (χ0) is 16.1. The minimum Gasteiger partial charge on any atom is -0.492 e. The summed E-state index contributed by atoms with van der Waals surface area (Å²) >= 11 is 6.41. The second-order valence-corrected chi connectivity index (χ2v) is 6.01. The van der Waals surface area contributed by atoms with Gasteiger partial charge >= 0.3 is 0 Å². The number of allylic oxidation sites excluding steroid dienone is 1. The van der Waals surface area contributed by atoms with Crippen molar-refractivity contribution in [1.82, 2.24) is 4.57 Å². The molecule has 1 aromatic carbocycles. The standard InChI is InChI=1S/C15H17N3O2S2/c1-3-9-18-13(16)12(22-15(18)21)14(19)17-10-7-5-6-8-11(10)20-4-2/h3,5-8H,1,4,9,16H2,2H3,(H,17,19). The number of hydrogen-bond donors (Lipinski definition) is 2. The van der Waals surface area contributed by atoms with Crippen molar-refractivity contribution >= 4 is 41.0 Å². The number of amides is 1. The first-order chi connectivity index (χ1) is 10.6. The molecule has 116 valence electrons. The maximum atomic E-state index is 12.4. The predicted octanol–water partition coefficient (Wildman–Crippen LogP) is 3.70. The summed E-state index contributed by atoms with van der Waals surface area (Å²) in [5, 5.41) is 2.82. The van der Waals surface area contributed by atoms with Crippen LogP contribution in [0.2, 0.25) is 0 Å². The molecule has 2 rings (SSSR count). The number of nitrogens with two attached hydrogens (primary N) is 1. The van der Waals surface area contributed by atoms with Crippen molar-refractivity contribution in [3.63, 3.8) is 0 Å². The van der Waals surface area contributed by atoms with E-state index in [0.717, 1.165) is 0 Å². The monoisotopic (exact) mass is 335 g/mol. The number of anilines is 2. The Labute approximate surface area is 138 Å². The molecule has 0 spiro atoms. The van der Waals surface area contributed by atoms with Crippen molar-refractivity contribution in [3.05, 3.63) is 45.8 Å². The van der Waals surface area contributed by atoms with E-state index in [0.29, 0.717) is 39.2 Å². The topological polar surface area (TPSA) is 69.3 Å². The molecule has 0 saturated heterocycles. The average Bonchev–Trinajstić information content (AvgIpc) is 2.78. The fourth-order valence-corrected chi connectivity index (χ4v) is 3.15. The second kappa shape index (κ2) is 7.24. The quantitative estimate of drug-likeness (QED) is 0.624. The smallest absolute Gasteiger partial charge is 0.269 e. The van der Waals surface area contributed by atoms with Gasteiger partial charge in [-0.25, -0.2) is 0 Å². The van der Waals surface area contributed by atoms with Crippen molar-refractivity contribution in [2.75, 3.05) is 17.7 Å². The first-order valence-corrected chi connectivity index (χ1v) is 7.94. The first-order valence-electron chi connectivity index (χ1n) is 6.71. The fourth-order valence-electron chi connectivity index (χ4n) is 1.91. The van der Waals surface area contributed by atoms with E-state index >= 15 is 0 Å². The Hall–Kier alpha value is -2.12. The lowest BCUT2D eigenvalue weighted by molar-refractivity contribution is 0.103. The van der Waals surface area contributed by atoms with E-state index in [1.54, 1.807) is 22.8 Å². The minimum absolute atomic E-state index is 0.302. The number of carbonyl (C=O) groups excluding carboxylic acids is 1. The van der Waals surface area contributed by atoms with E-state index in [-0.39, 0.29) is 5.91 Å². The van der Waals surface area contributed by atoms with Crippen molar-refractivity contribution in [3.8, 4) is 5.75 Å². The number of nitrogen functional groups attached to an aromatic ring is 1. The second-order valence-electron chi connectivity index (χ2n) is 4.36. The maximum absolute atomic E-state index is 12.4. The number of nitrogens with one attached hydrogen (secondary N) is 1. The summed E-state index contributed by atoms with van der Waals surface area (Å²) in [5.74, 6) is 0.663. The number of nitrogens with zero attached hydrogens (tertiary/aromatic N) is 1. The summed E-state index contributed by atoms with van der Waals surface area (Å²) in [6, 6.07) is 7.25. The van der Waals surface area contributed by atoms with Crippen LogP contribution in [0.1, 0.15) is 16.6 Å². The van der Waals surface area contributed by atoms with E-state index in [9.17, 15) is 4.79 Å². The van der Waals surface area contributed by atoms with Gasteiger partial charge in [0.1, 0.15) is 16.4 Å². The van der Waals surface area contributed by atoms with Crippen LogP contribution in [0.4, 0.5) is 11.5 Å². The van der Waals surface area contributed by atoms with Crippen molar-refractivity contribution in [2.45, 2.75) is 13.5 Å². The van der Waals surface area contributed by atoms with Gasteiger partial charge in [0.15, 0.2) is 3.95 Å². The lowest BCUT2D eigenvalue weighted by Gasteiger charge is -2.11. The van der Waals surface area contributed by atoms with Gasteiger partial charge in [0.25, 0.3) is 5.91 Å². The number of para-hydroxylation sites is 2. The Bertz CT molecular complexity index is 749. The zero-order valence-corrected chi connectivity index (χ0v) is 13.8. The van der Waals surface area contributed by atoms with Crippen LogP contribution in [-0.2, 0) is 6.54 Å². The van der Waals surface area contributed by atoms with Crippen LogP contribution in [0.3, 0.4) is 0 Å². The molecule has 5 nitrogen and oxygen atoms in total. The fraction of sp³-hybridized carbons (Fsp3) is 0.200. The molecule has 22 heavy (non-hydrogen) atoms. The van der Waals surface area contributed by atoms with E-state index in [1.165, 1.54) is 11.3 Å². The number of carbonyl (C=O) groups is 1. The summed E-state index contributed by atoms with van der Waals surface area (Å²) in [4.78, 5) is 12.8. The highest BCUT2D eigenvalue weighted by molar-refractivity contribution is 7.73. The van der Waals surface area contributed by atoms with Crippen LogP contribution in [0, 0.1) is 3.95 Å². The number of benzene rings is 1. The van der Waals surface area contributed by atoms with E-state index in [4.69, 9.17) is 22.7 Å². The molecule has 0 bridgehead atoms. The van der Waals surface area contributed by atoms with Gasteiger partial charge in [-0.05, 0) is 31.3 Å². The van der Waals surface area contributed by atoms with Gasteiger partial charge in [0, 0.05) is 6.54 Å². The molecule has 1 amide bonds. The first kappa shape index (κ1) is 16.3. The molecule has 0 radical (unpaired) electrons. The highest BCUT2D eigenvalue weighted by Crippen LogP contribution is 2.27. The summed E-state index contributed by atoms with van der Waals surface area (Å²) in [7, 11) is 0. The number of hydrogen-bond acceptors (Lipinski definition) is 5. The Morgan fingerprint density at radius 3 is 2.95 bits per heavy atom. The van der Waals surface area contributed by atoms with Crippen LogP contribution in [0.15, 0.2) is 36.9 Å². The number of ether oxygens (including phenoxy) is 1. The lowest BCUT2D eigenvalue weighted by Crippen LogP contribution is -2.14. The van der Waals surface area contributed by atoms with Crippen LogP contribution in [0.25, 0.3) is 0 Å². The summed E-state index contributed by atoms with van der Waals surface area (Å²) < 4.78 is 7.71. The molecular weight excluding hydrogens is 318 g/mol. The molecule has 2 aromatic rings. The summed E-state index contributed by atoms with van der Waals surface area (Å²) in [6.45, 7) is 6.54. The average molecular weight is 335 g/mol. The van der Waals surface area contributed by atoms with Crippen molar-refractivity contribution < 1.29 is 9.53 Å². The van der Waals surface area contributed by atoms with Gasteiger partial charge in [0.05, 0.1) is 12.3 Å². The van der Waals surface area contributed by atoms with E-state index < -0.39 is 0 Å². The number of aromatic nitrogens is 1. The molecule has 1 heterocycles. The predicted molar refractivity (Wildman–Crippen MR) is 93.3 cm³/mol. The molecule has 0 fully saturated rings. The molecule has 0 saturated carbocycles. The molecule has 7 heteroatoms. The Kier molecular flexibility index (Phi) is 5.35. The highest BCUT2D eigenvalue weighted by atomic mass is 32.1. The van der Waals surface area contributed by atoms with Gasteiger partial charge in [0.2, 0.25) is 0 Å². The molecule has 0 aliphatic carbocycles. The normalized spacial score (nSPS) is 10.2. The van der Waals surface area contributed by atoms with Gasteiger partial charge in [-0.1, -0.05) is 29.5 Å². The number of rotatable bonds is 6. The van der Waals surface area contributed by atoms with Crippen LogP contribution >= 0.6 is 23.6 Å². The highest BCUT2D eigenvalue weighted by Gasteiger charge is 2.18. The number of thiazole rings is 1. The molecule has 1 aromatic heterocycles. The van der Waals surface area contributed by atoms with Crippen molar-refractivity contribution in [2.24, 2.45) is 0 Å². The third kappa shape index (κ3) is 3.37. The van der Waals surface area contributed by atoms with Crippen LogP contribution < -0.4 is 15.8 Å². The maximum Gasteiger partial charge on any atom is 0.269 e. The van der Waals surface area contributed by atoms with E-state index in [1.807, 2.05) is 19.1 Å². The Balaban J connectivity index is 2.29. The summed E-state index contributed by atoms with van der Waals surface area (Å²) in [5.41, 5.74) is 6.61. The molecule has 0 aliphatic heterocycles. The minimum atomic E-state index is -0.302. The summed E-state index contributed by atoms with van der Waals surface area (Å²) in [6.07, 6.45) is 1.69. The SMILES string of the molecule is C=CCn1c(N)c(C(=O)Nc2ccccc2OCC)sc1=S. The third-order valence-electron chi connectivity index (χ3n) is 2.89.